The highest BCUT2D eigenvalue weighted by Gasteiger charge is 2.14. The van der Waals surface area contributed by atoms with Crippen LogP contribution in [-0.2, 0) is 4.74 Å². The van der Waals surface area contributed by atoms with Gasteiger partial charge >= 0.3 is 0 Å². The molecule has 1 aromatic rings. The maximum Gasteiger partial charge on any atom is 0.233 e. The second-order valence-corrected chi connectivity index (χ2v) is 4.39. The molecule has 0 aliphatic carbocycles. The topological polar surface area (TPSA) is 56.3 Å². The van der Waals surface area contributed by atoms with E-state index >= 15 is 0 Å². The average Bonchev–Trinajstić information content (AvgIpc) is 2.39. The Hall–Kier alpha value is -1.20. The molecule has 1 atom stereocenters. The van der Waals surface area contributed by atoms with E-state index in [0.29, 0.717) is 12.5 Å². The van der Waals surface area contributed by atoms with Gasteiger partial charge in [0.25, 0.3) is 0 Å². The van der Waals surface area contributed by atoms with Crippen LogP contribution in [0.25, 0.3) is 0 Å². The van der Waals surface area contributed by atoms with E-state index < -0.39 is 0 Å². The fraction of sp³-hybridized carbons (Fsp3) is 0.692. The average molecular weight is 253 g/mol. The van der Waals surface area contributed by atoms with Crippen LogP contribution in [-0.4, -0.2) is 36.6 Å². The molecule has 0 spiro atoms. The fourth-order valence-corrected chi connectivity index (χ4v) is 1.48. The van der Waals surface area contributed by atoms with Crippen LogP contribution in [0.5, 0.6) is 5.88 Å². The third kappa shape index (κ3) is 4.98. The smallest absolute Gasteiger partial charge is 0.233 e. The van der Waals surface area contributed by atoms with Gasteiger partial charge < -0.3 is 14.8 Å². The highest BCUT2D eigenvalue weighted by atomic mass is 16.5. The second kappa shape index (κ2) is 8.00. The molecule has 0 amide bonds. The van der Waals surface area contributed by atoms with Gasteiger partial charge in [0.2, 0.25) is 5.88 Å². The first kappa shape index (κ1) is 14.9. The summed E-state index contributed by atoms with van der Waals surface area (Å²) in [7, 11) is 1.58. The first-order chi connectivity index (χ1) is 8.67. The molecule has 0 fully saturated rings. The maximum absolute atomic E-state index is 5.65. The zero-order valence-corrected chi connectivity index (χ0v) is 11.6. The number of aromatic nitrogens is 2. The van der Waals surface area contributed by atoms with Crippen molar-refractivity contribution in [2.75, 3.05) is 20.3 Å². The van der Waals surface area contributed by atoms with Gasteiger partial charge in [0.15, 0.2) is 0 Å². The van der Waals surface area contributed by atoms with Gasteiger partial charge in [-0.1, -0.05) is 6.92 Å². The van der Waals surface area contributed by atoms with Crippen LogP contribution in [0.2, 0.25) is 0 Å². The number of rotatable bonds is 8. The molecule has 18 heavy (non-hydrogen) atoms. The van der Waals surface area contributed by atoms with Gasteiger partial charge in [-0.25, -0.2) is 0 Å². The molecule has 1 heterocycles. The van der Waals surface area contributed by atoms with Gasteiger partial charge in [0, 0.05) is 6.07 Å². The summed E-state index contributed by atoms with van der Waals surface area (Å²) in [4.78, 5) is 0. The number of nitrogens with zero attached hydrogens (tertiary/aromatic N) is 2. The van der Waals surface area contributed by atoms with Crippen molar-refractivity contribution in [3.63, 3.8) is 0 Å². The van der Waals surface area contributed by atoms with Gasteiger partial charge in [0.05, 0.1) is 31.6 Å². The molecule has 0 aromatic carbocycles. The lowest BCUT2D eigenvalue weighted by Gasteiger charge is -2.19. The van der Waals surface area contributed by atoms with Crippen molar-refractivity contribution < 1.29 is 9.47 Å². The molecule has 1 aromatic heterocycles. The van der Waals surface area contributed by atoms with Gasteiger partial charge in [-0.3, -0.25) is 0 Å². The molecule has 0 saturated heterocycles. The van der Waals surface area contributed by atoms with E-state index in [1.165, 1.54) is 0 Å². The zero-order chi connectivity index (χ0) is 13.4. The summed E-state index contributed by atoms with van der Waals surface area (Å²) in [5, 5.41) is 11.6. The Morgan fingerprint density at radius 1 is 1.28 bits per heavy atom. The van der Waals surface area contributed by atoms with Gasteiger partial charge in [-0.05, 0) is 32.9 Å². The number of ether oxygens (including phenoxy) is 2. The molecule has 0 bridgehead atoms. The minimum atomic E-state index is 0.0748. The van der Waals surface area contributed by atoms with Crippen LogP contribution in [0.4, 0.5) is 0 Å². The summed E-state index contributed by atoms with van der Waals surface area (Å²) in [6.07, 6.45) is 1.28. The first-order valence-corrected chi connectivity index (χ1v) is 6.40. The van der Waals surface area contributed by atoms with Crippen LogP contribution in [0.15, 0.2) is 12.1 Å². The second-order valence-electron chi connectivity index (χ2n) is 4.39. The van der Waals surface area contributed by atoms with E-state index in [4.69, 9.17) is 9.47 Å². The van der Waals surface area contributed by atoms with Crippen LogP contribution in [0.1, 0.15) is 38.9 Å². The Balaban J connectivity index is 2.66. The van der Waals surface area contributed by atoms with Crippen LogP contribution >= 0.6 is 0 Å². The van der Waals surface area contributed by atoms with Crippen molar-refractivity contribution in [1.29, 1.82) is 0 Å². The Bertz CT molecular complexity index is 328. The van der Waals surface area contributed by atoms with Gasteiger partial charge in [-0.15, -0.1) is 5.10 Å². The fourth-order valence-electron chi connectivity index (χ4n) is 1.48. The minimum absolute atomic E-state index is 0.0748. The molecular weight excluding hydrogens is 230 g/mol. The van der Waals surface area contributed by atoms with Crippen LogP contribution < -0.4 is 10.1 Å². The summed E-state index contributed by atoms with van der Waals surface area (Å²) >= 11 is 0. The number of hydrogen-bond donors (Lipinski definition) is 1. The molecule has 102 valence electrons. The Labute approximate surface area is 109 Å². The molecule has 1 rings (SSSR count). The molecular formula is C13H23N3O2. The van der Waals surface area contributed by atoms with Crippen molar-refractivity contribution in [1.82, 2.24) is 15.5 Å². The van der Waals surface area contributed by atoms with Crippen molar-refractivity contribution in [3.8, 4) is 5.88 Å². The van der Waals surface area contributed by atoms with E-state index in [-0.39, 0.29) is 12.1 Å². The molecule has 0 radical (unpaired) electrons. The van der Waals surface area contributed by atoms with E-state index in [1.807, 2.05) is 26.0 Å². The Morgan fingerprint density at radius 3 is 2.56 bits per heavy atom. The number of methoxy groups -OCH3 is 1. The summed E-state index contributed by atoms with van der Waals surface area (Å²) in [6.45, 7) is 7.71. The highest BCUT2D eigenvalue weighted by molar-refractivity contribution is 5.14. The van der Waals surface area contributed by atoms with E-state index in [9.17, 15) is 0 Å². The zero-order valence-electron chi connectivity index (χ0n) is 11.6. The quantitative estimate of drug-likeness (QED) is 0.767. The summed E-state index contributed by atoms with van der Waals surface area (Å²) < 4.78 is 10.7. The van der Waals surface area contributed by atoms with Gasteiger partial charge in [0.1, 0.15) is 0 Å². The lowest BCUT2D eigenvalue weighted by atomic mass is 10.2. The maximum atomic E-state index is 5.65. The lowest BCUT2D eigenvalue weighted by molar-refractivity contribution is 0.0601. The SMILES string of the molecule is CCCNC(COC(C)C)c1ccc(OC)nn1. The largest absolute Gasteiger partial charge is 0.480 e. The van der Waals surface area contributed by atoms with Crippen LogP contribution in [0, 0.1) is 0 Å². The van der Waals surface area contributed by atoms with E-state index in [0.717, 1.165) is 18.7 Å². The summed E-state index contributed by atoms with van der Waals surface area (Å²) in [6, 6.07) is 3.81. The molecule has 5 heteroatoms. The first-order valence-electron chi connectivity index (χ1n) is 6.40. The third-order valence-electron chi connectivity index (χ3n) is 2.46. The van der Waals surface area contributed by atoms with E-state index in [1.54, 1.807) is 7.11 Å². The molecule has 5 nitrogen and oxygen atoms in total. The normalized spacial score (nSPS) is 12.7. The highest BCUT2D eigenvalue weighted by Crippen LogP contribution is 2.13. The predicted molar refractivity (Wildman–Crippen MR) is 70.7 cm³/mol. The molecule has 1 N–H and O–H groups in total. The third-order valence-corrected chi connectivity index (χ3v) is 2.46. The Morgan fingerprint density at radius 2 is 2.06 bits per heavy atom. The van der Waals surface area contributed by atoms with Crippen LogP contribution in [0.3, 0.4) is 0 Å². The standard InChI is InChI=1S/C13H23N3O2/c1-5-8-14-12(9-18-10(2)3)11-6-7-13(17-4)16-15-11/h6-7,10,12,14H,5,8-9H2,1-4H3. The molecule has 0 aliphatic rings. The molecule has 0 aliphatic heterocycles. The van der Waals surface area contributed by atoms with Crippen molar-refractivity contribution in [2.24, 2.45) is 0 Å². The van der Waals surface area contributed by atoms with Crippen molar-refractivity contribution >= 4 is 0 Å². The predicted octanol–water partition coefficient (Wildman–Crippen LogP) is 1.95. The lowest BCUT2D eigenvalue weighted by Crippen LogP contribution is -2.28. The monoisotopic (exact) mass is 253 g/mol. The number of nitrogens with one attached hydrogen (secondary N) is 1. The molecule has 1 unspecified atom stereocenters. The van der Waals surface area contributed by atoms with Gasteiger partial charge in [-0.2, -0.15) is 5.10 Å². The Kier molecular flexibility index (Phi) is 6.60. The minimum Gasteiger partial charge on any atom is -0.480 e. The summed E-state index contributed by atoms with van der Waals surface area (Å²) in [5.41, 5.74) is 0.880. The summed E-state index contributed by atoms with van der Waals surface area (Å²) in [5.74, 6) is 0.526. The molecule has 0 saturated carbocycles. The van der Waals surface area contributed by atoms with Crippen molar-refractivity contribution in [2.45, 2.75) is 39.3 Å². The number of hydrogen-bond acceptors (Lipinski definition) is 5. The van der Waals surface area contributed by atoms with E-state index in [2.05, 4.69) is 22.4 Å². The van der Waals surface area contributed by atoms with Crippen molar-refractivity contribution in [3.05, 3.63) is 17.8 Å².